The topological polar surface area (TPSA) is 70.9 Å². The molecule has 0 aliphatic heterocycles. The van der Waals surface area contributed by atoms with Crippen LogP contribution in [0.2, 0.25) is 0 Å². The van der Waals surface area contributed by atoms with E-state index < -0.39 is 0 Å². The van der Waals surface area contributed by atoms with Crippen LogP contribution in [0.25, 0.3) is 10.9 Å². The van der Waals surface area contributed by atoms with E-state index in [9.17, 15) is 4.79 Å². The average Bonchev–Trinajstić information content (AvgIpc) is 2.89. The highest BCUT2D eigenvalue weighted by Crippen LogP contribution is 2.21. The number of benzene rings is 2. The van der Waals surface area contributed by atoms with Crippen molar-refractivity contribution < 1.29 is 4.79 Å². The Morgan fingerprint density at radius 3 is 2.74 bits per heavy atom. The largest absolute Gasteiger partial charge is 0.397 e. The molecule has 2 aromatic carbocycles. The molecule has 0 atom stereocenters. The molecule has 3 aromatic rings. The van der Waals surface area contributed by atoms with Crippen molar-refractivity contribution in [2.75, 3.05) is 11.1 Å². The van der Waals surface area contributed by atoms with Crippen molar-refractivity contribution >= 4 is 28.2 Å². The standard InChI is InChI=1S/C15H13N3O/c16-12-5-1-2-6-14(12)18-15(19)11-4-3-7-13-10(11)8-9-17-13/h1-9,17H,16H2,(H,18,19). The van der Waals surface area contributed by atoms with Crippen molar-refractivity contribution in [1.82, 2.24) is 4.98 Å². The Balaban J connectivity index is 1.97. The lowest BCUT2D eigenvalue weighted by Gasteiger charge is -2.08. The van der Waals surface area contributed by atoms with Crippen molar-refractivity contribution in [2.45, 2.75) is 0 Å². The number of carbonyl (C=O) groups excluding carboxylic acids is 1. The molecule has 0 saturated heterocycles. The van der Waals surface area contributed by atoms with Gasteiger partial charge in [-0.25, -0.2) is 0 Å². The van der Waals surface area contributed by atoms with Gasteiger partial charge in [-0.1, -0.05) is 18.2 Å². The van der Waals surface area contributed by atoms with Crippen LogP contribution in [0.15, 0.2) is 54.7 Å². The fraction of sp³-hybridized carbons (Fsp3) is 0. The van der Waals surface area contributed by atoms with Gasteiger partial charge in [0.1, 0.15) is 0 Å². The molecule has 3 rings (SSSR count). The number of aromatic nitrogens is 1. The Hall–Kier alpha value is -2.75. The predicted molar refractivity (Wildman–Crippen MR) is 77.1 cm³/mol. The van der Waals surface area contributed by atoms with Crippen LogP contribution in [-0.2, 0) is 0 Å². The molecule has 94 valence electrons. The highest BCUT2D eigenvalue weighted by molar-refractivity contribution is 6.13. The second kappa shape index (κ2) is 4.49. The first kappa shape index (κ1) is 11.3. The molecule has 1 heterocycles. The summed E-state index contributed by atoms with van der Waals surface area (Å²) in [6.07, 6.45) is 1.82. The molecule has 0 radical (unpaired) electrons. The third-order valence-electron chi connectivity index (χ3n) is 3.05. The minimum atomic E-state index is -0.164. The molecule has 0 spiro atoms. The molecule has 0 unspecified atom stereocenters. The van der Waals surface area contributed by atoms with Gasteiger partial charge in [-0.2, -0.15) is 0 Å². The van der Waals surface area contributed by atoms with Crippen LogP contribution in [-0.4, -0.2) is 10.9 Å². The molecule has 1 aromatic heterocycles. The lowest BCUT2D eigenvalue weighted by atomic mass is 10.1. The van der Waals surface area contributed by atoms with Gasteiger partial charge in [-0.3, -0.25) is 4.79 Å². The van der Waals surface area contributed by atoms with Crippen LogP contribution in [0, 0.1) is 0 Å². The summed E-state index contributed by atoms with van der Waals surface area (Å²) in [5.41, 5.74) is 8.56. The lowest BCUT2D eigenvalue weighted by Crippen LogP contribution is -2.13. The summed E-state index contributed by atoms with van der Waals surface area (Å²) in [4.78, 5) is 15.4. The van der Waals surface area contributed by atoms with Crippen molar-refractivity contribution in [3.8, 4) is 0 Å². The van der Waals surface area contributed by atoms with E-state index in [2.05, 4.69) is 10.3 Å². The summed E-state index contributed by atoms with van der Waals surface area (Å²) in [5.74, 6) is -0.164. The first-order valence-corrected chi connectivity index (χ1v) is 5.97. The number of hydrogen-bond donors (Lipinski definition) is 3. The minimum absolute atomic E-state index is 0.164. The van der Waals surface area contributed by atoms with E-state index in [1.54, 1.807) is 18.2 Å². The maximum atomic E-state index is 12.3. The zero-order valence-corrected chi connectivity index (χ0v) is 10.2. The van der Waals surface area contributed by atoms with Crippen LogP contribution in [0.3, 0.4) is 0 Å². The van der Waals surface area contributed by atoms with E-state index in [1.807, 2.05) is 36.5 Å². The smallest absolute Gasteiger partial charge is 0.256 e. The molecule has 0 aliphatic carbocycles. The van der Waals surface area contributed by atoms with Gasteiger partial charge in [0.2, 0.25) is 0 Å². The maximum Gasteiger partial charge on any atom is 0.256 e. The number of nitrogens with one attached hydrogen (secondary N) is 2. The second-order valence-corrected chi connectivity index (χ2v) is 4.29. The number of carbonyl (C=O) groups is 1. The number of fused-ring (bicyclic) bond motifs is 1. The highest BCUT2D eigenvalue weighted by atomic mass is 16.1. The number of rotatable bonds is 2. The van der Waals surface area contributed by atoms with Crippen LogP contribution in [0.4, 0.5) is 11.4 Å². The molecule has 0 saturated carbocycles. The van der Waals surface area contributed by atoms with Crippen molar-refractivity contribution in [3.05, 3.63) is 60.3 Å². The molecule has 0 aliphatic rings. The summed E-state index contributed by atoms with van der Waals surface area (Å²) >= 11 is 0. The average molecular weight is 251 g/mol. The number of hydrogen-bond acceptors (Lipinski definition) is 2. The summed E-state index contributed by atoms with van der Waals surface area (Å²) in [5, 5.41) is 3.73. The Kier molecular flexibility index (Phi) is 2.68. The van der Waals surface area contributed by atoms with Crippen LogP contribution < -0.4 is 11.1 Å². The van der Waals surface area contributed by atoms with Gasteiger partial charge < -0.3 is 16.0 Å². The van der Waals surface area contributed by atoms with Crippen molar-refractivity contribution in [1.29, 1.82) is 0 Å². The molecule has 1 amide bonds. The fourth-order valence-corrected chi connectivity index (χ4v) is 2.08. The van der Waals surface area contributed by atoms with Gasteiger partial charge in [0.15, 0.2) is 0 Å². The molecule has 4 nitrogen and oxygen atoms in total. The number of amides is 1. The van der Waals surface area contributed by atoms with Gasteiger partial charge in [-0.05, 0) is 30.3 Å². The Morgan fingerprint density at radius 1 is 1.05 bits per heavy atom. The zero-order chi connectivity index (χ0) is 13.2. The van der Waals surface area contributed by atoms with Crippen LogP contribution >= 0.6 is 0 Å². The number of nitrogens with two attached hydrogens (primary N) is 1. The molecule has 4 N–H and O–H groups in total. The molecule has 4 heteroatoms. The van der Waals surface area contributed by atoms with Gasteiger partial charge in [0.05, 0.1) is 11.4 Å². The minimum Gasteiger partial charge on any atom is -0.397 e. The van der Waals surface area contributed by atoms with Gasteiger partial charge >= 0.3 is 0 Å². The van der Waals surface area contributed by atoms with E-state index in [0.717, 1.165) is 10.9 Å². The third-order valence-corrected chi connectivity index (χ3v) is 3.05. The first-order valence-electron chi connectivity index (χ1n) is 5.97. The fourth-order valence-electron chi connectivity index (χ4n) is 2.08. The SMILES string of the molecule is Nc1ccccc1NC(=O)c1cccc2[nH]ccc12. The predicted octanol–water partition coefficient (Wildman–Crippen LogP) is 3.00. The normalized spacial score (nSPS) is 10.5. The Morgan fingerprint density at radius 2 is 1.89 bits per heavy atom. The number of H-pyrrole nitrogens is 1. The number of aromatic amines is 1. The maximum absolute atomic E-state index is 12.3. The van der Waals surface area contributed by atoms with Gasteiger partial charge in [0, 0.05) is 22.7 Å². The monoisotopic (exact) mass is 251 g/mol. The molecule has 19 heavy (non-hydrogen) atoms. The summed E-state index contributed by atoms with van der Waals surface area (Å²) in [6, 6.07) is 14.7. The number of anilines is 2. The zero-order valence-electron chi connectivity index (χ0n) is 10.2. The van der Waals surface area contributed by atoms with Crippen LogP contribution in [0.5, 0.6) is 0 Å². The summed E-state index contributed by atoms with van der Waals surface area (Å²) < 4.78 is 0. The Labute approximate surface area is 110 Å². The van der Waals surface area contributed by atoms with Crippen LogP contribution in [0.1, 0.15) is 10.4 Å². The van der Waals surface area contributed by atoms with Crippen molar-refractivity contribution in [3.63, 3.8) is 0 Å². The van der Waals surface area contributed by atoms with E-state index >= 15 is 0 Å². The van der Waals surface area contributed by atoms with E-state index in [0.29, 0.717) is 16.9 Å². The van der Waals surface area contributed by atoms with Crippen molar-refractivity contribution in [2.24, 2.45) is 0 Å². The molecule has 0 bridgehead atoms. The van der Waals surface area contributed by atoms with E-state index in [1.165, 1.54) is 0 Å². The number of para-hydroxylation sites is 2. The molecular formula is C15H13N3O. The summed E-state index contributed by atoms with van der Waals surface area (Å²) in [6.45, 7) is 0. The molecule has 0 fully saturated rings. The molecular weight excluding hydrogens is 238 g/mol. The summed E-state index contributed by atoms with van der Waals surface area (Å²) in [7, 11) is 0. The van der Waals surface area contributed by atoms with E-state index in [4.69, 9.17) is 5.73 Å². The van der Waals surface area contributed by atoms with Gasteiger partial charge in [-0.15, -0.1) is 0 Å². The highest BCUT2D eigenvalue weighted by Gasteiger charge is 2.11. The lowest BCUT2D eigenvalue weighted by molar-refractivity contribution is 0.102. The van der Waals surface area contributed by atoms with E-state index in [-0.39, 0.29) is 5.91 Å². The quantitative estimate of drug-likeness (QED) is 0.613. The number of nitrogen functional groups attached to an aromatic ring is 1. The van der Waals surface area contributed by atoms with Gasteiger partial charge in [0.25, 0.3) is 5.91 Å². The second-order valence-electron chi connectivity index (χ2n) is 4.29. The Bertz CT molecular complexity index is 746. The first-order chi connectivity index (χ1) is 9.25. The third kappa shape index (κ3) is 2.04.